The first-order valence-corrected chi connectivity index (χ1v) is 15.3. The number of fused-ring (bicyclic) bond motifs is 3. The van der Waals surface area contributed by atoms with Crippen molar-refractivity contribution in [1.29, 1.82) is 0 Å². The molecule has 4 bridgehead atoms. The number of benzene rings is 1. The Hall–Kier alpha value is -2.12. The normalized spacial score (nSPS) is 30.5. The second kappa shape index (κ2) is 8.73. The summed E-state index contributed by atoms with van der Waals surface area (Å²) in [5.74, 6) is 3.39. The van der Waals surface area contributed by atoms with Gasteiger partial charge in [-0.15, -0.1) is 11.3 Å². The lowest BCUT2D eigenvalue weighted by Gasteiger charge is -2.56. The van der Waals surface area contributed by atoms with Crippen LogP contribution in [0.15, 0.2) is 40.3 Å². The molecule has 1 atom stereocenters. The van der Waals surface area contributed by atoms with E-state index in [1.807, 2.05) is 30.3 Å². The summed E-state index contributed by atoms with van der Waals surface area (Å²) in [6.45, 7) is 2.28. The van der Waals surface area contributed by atoms with Gasteiger partial charge in [-0.05, 0) is 99.2 Å². The molecule has 5 aliphatic rings. The molecule has 7 heteroatoms. The van der Waals surface area contributed by atoms with Crippen LogP contribution in [0.5, 0.6) is 0 Å². The number of aromatic nitrogens is 2. The van der Waals surface area contributed by atoms with Crippen LogP contribution in [0, 0.1) is 23.7 Å². The fraction of sp³-hybridized carbons (Fsp3) is 0.552. The summed E-state index contributed by atoms with van der Waals surface area (Å²) in [7, 11) is 0. The molecule has 5 aliphatic carbocycles. The van der Waals surface area contributed by atoms with E-state index in [-0.39, 0.29) is 22.8 Å². The van der Waals surface area contributed by atoms with Crippen LogP contribution >= 0.6 is 23.1 Å². The van der Waals surface area contributed by atoms with Crippen LogP contribution in [0.25, 0.3) is 15.9 Å². The number of para-hydroxylation sites is 1. The second-order valence-corrected chi connectivity index (χ2v) is 14.0. The third-order valence-electron chi connectivity index (χ3n) is 9.09. The number of carbonyl (C=O) groups is 1. The molecule has 4 fully saturated rings. The molecule has 5 nitrogen and oxygen atoms in total. The molecular weight excluding hydrogens is 486 g/mol. The third kappa shape index (κ3) is 3.94. The minimum atomic E-state index is 0.00208. The molecule has 4 saturated carbocycles. The van der Waals surface area contributed by atoms with Crippen molar-refractivity contribution in [3.05, 3.63) is 51.1 Å². The predicted octanol–water partition coefficient (Wildman–Crippen LogP) is 5.75. The van der Waals surface area contributed by atoms with Gasteiger partial charge in [0.05, 0.1) is 16.8 Å². The smallest absolute Gasteiger partial charge is 0.267 e. The maximum absolute atomic E-state index is 13.9. The molecule has 1 unspecified atom stereocenters. The van der Waals surface area contributed by atoms with Crippen molar-refractivity contribution in [3.8, 4) is 5.69 Å². The van der Waals surface area contributed by atoms with E-state index in [1.54, 1.807) is 15.9 Å². The van der Waals surface area contributed by atoms with Gasteiger partial charge < -0.3 is 5.32 Å². The monoisotopic (exact) mass is 519 g/mol. The molecule has 2 heterocycles. The number of nitrogens with zero attached hydrogens (tertiary/aromatic N) is 2. The van der Waals surface area contributed by atoms with Crippen molar-refractivity contribution < 1.29 is 4.79 Å². The summed E-state index contributed by atoms with van der Waals surface area (Å²) in [4.78, 5) is 34.3. The first-order valence-electron chi connectivity index (χ1n) is 13.5. The van der Waals surface area contributed by atoms with E-state index < -0.39 is 0 Å². The average Bonchev–Trinajstić information content (AvgIpc) is 3.19. The lowest BCUT2D eigenvalue weighted by atomic mass is 9.53. The van der Waals surface area contributed by atoms with Gasteiger partial charge in [-0.2, -0.15) is 0 Å². The molecule has 2 aromatic heterocycles. The summed E-state index contributed by atoms with van der Waals surface area (Å²) in [5.41, 5.74) is 2.02. The van der Waals surface area contributed by atoms with Crippen molar-refractivity contribution >= 4 is 39.2 Å². The highest BCUT2D eigenvalue weighted by molar-refractivity contribution is 7.99. The number of aryl methyl sites for hydroxylation is 1. The predicted molar refractivity (Wildman–Crippen MR) is 146 cm³/mol. The molecule has 36 heavy (non-hydrogen) atoms. The summed E-state index contributed by atoms with van der Waals surface area (Å²) in [5, 5.41) is 4.88. The van der Waals surface area contributed by atoms with Crippen LogP contribution < -0.4 is 10.9 Å². The van der Waals surface area contributed by atoms with Gasteiger partial charge in [-0.1, -0.05) is 36.9 Å². The average molecular weight is 520 g/mol. The van der Waals surface area contributed by atoms with E-state index in [4.69, 9.17) is 4.98 Å². The molecule has 0 saturated heterocycles. The van der Waals surface area contributed by atoms with Crippen LogP contribution in [0.2, 0.25) is 0 Å². The molecule has 0 radical (unpaired) electrons. The lowest BCUT2D eigenvalue weighted by molar-refractivity contribution is -0.124. The molecule has 1 N–H and O–H groups in total. The Bertz CT molecular complexity index is 1360. The number of hydrogen-bond acceptors (Lipinski definition) is 5. The molecule has 3 aromatic rings. The van der Waals surface area contributed by atoms with Crippen molar-refractivity contribution in [1.82, 2.24) is 14.9 Å². The van der Waals surface area contributed by atoms with Gasteiger partial charge in [-0.3, -0.25) is 14.2 Å². The summed E-state index contributed by atoms with van der Waals surface area (Å²) in [6, 6.07) is 9.76. The summed E-state index contributed by atoms with van der Waals surface area (Å²) >= 11 is 3.08. The van der Waals surface area contributed by atoms with Gasteiger partial charge >= 0.3 is 0 Å². The SMILES string of the molecule is CC1CCc2c(sc3nc(SCC(=O)NC45CC6CC(CC(C6)C4)C5)n(-c4ccccc4)c(=O)c23)C1. The molecule has 0 spiro atoms. The zero-order valence-corrected chi connectivity index (χ0v) is 22.4. The number of hydrogen-bond donors (Lipinski definition) is 1. The summed E-state index contributed by atoms with van der Waals surface area (Å²) < 4.78 is 1.73. The van der Waals surface area contributed by atoms with Crippen LogP contribution in [-0.2, 0) is 17.6 Å². The van der Waals surface area contributed by atoms with Crippen molar-refractivity contribution in [2.45, 2.75) is 75.4 Å². The maximum atomic E-state index is 13.9. The van der Waals surface area contributed by atoms with E-state index in [0.717, 1.165) is 72.2 Å². The first kappa shape index (κ1) is 23.0. The Morgan fingerprint density at radius 3 is 2.53 bits per heavy atom. The van der Waals surface area contributed by atoms with E-state index in [9.17, 15) is 9.59 Å². The number of nitrogens with one attached hydrogen (secondary N) is 1. The van der Waals surface area contributed by atoms with Crippen LogP contribution in [-0.4, -0.2) is 26.8 Å². The number of amides is 1. The number of carbonyl (C=O) groups excluding carboxylic acids is 1. The summed E-state index contributed by atoms with van der Waals surface area (Å²) in [6.07, 6.45) is 10.6. The highest BCUT2D eigenvalue weighted by Gasteiger charge is 2.51. The third-order valence-corrected chi connectivity index (χ3v) is 11.2. The Kier molecular flexibility index (Phi) is 5.58. The molecule has 8 rings (SSSR count). The second-order valence-electron chi connectivity index (χ2n) is 11.9. The van der Waals surface area contributed by atoms with Crippen LogP contribution in [0.1, 0.15) is 62.3 Å². The van der Waals surface area contributed by atoms with Crippen molar-refractivity contribution in [3.63, 3.8) is 0 Å². The minimum absolute atomic E-state index is 0.00208. The Labute approximate surface area is 220 Å². The van der Waals surface area contributed by atoms with Crippen LogP contribution in [0.4, 0.5) is 0 Å². The fourth-order valence-electron chi connectivity index (χ4n) is 8.00. The van der Waals surface area contributed by atoms with Gasteiger partial charge in [0, 0.05) is 10.4 Å². The highest BCUT2D eigenvalue weighted by atomic mass is 32.2. The van der Waals surface area contributed by atoms with Gasteiger partial charge in [0.25, 0.3) is 5.56 Å². The van der Waals surface area contributed by atoms with E-state index in [2.05, 4.69) is 12.2 Å². The minimum Gasteiger partial charge on any atom is -0.350 e. The van der Waals surface area contributed by atoms with Crippen LogP contribution in [0.3, 0.4) is 0 Å². The number of rotatable bonds is 5. The van der Waals surface area contributed by atoms with Gasteiger partial charge in [0.15, 0.2) is 5.16 Å². The quantitative estimate of drug-likeness (QED) is 0.344. The largest absolute Gasteiger partial charge is 0.350 e. The van der Waals surface area contributed by atoms with E-state index in [1.165, 1.54) is 41.5 Å². The molecule has 0 aliphatic heterocycles. The zero-order valence-electron chi connectivity index (χ0n) is 20.8. The zero-order chi connectivity index (χ0) is 24.4. The lowest BCUT2D eigenvalue weighted by Crippen LogP contribution is -2.60. The number of thioether (sulfide) groups is 1. The fourth-order valence-corrected chi connectivity index (χ4v) is 10.2. The molecule has 188 valence electrons. The number of thiophene rings is 1. The van der Waals surface area contributed by atoms with Gasteiger partial charge in [0.2, 0.25) is 5.91 Å². The maximum Gasteiger partial charge on any atom is 0.267 e. The standard InChI is InChI=1S/C29H33N3O2S2/c1-17-7-8-22-23(9-17)36-26-25(22)27(34)32(21-5-3-2-4-6-21)28(30-26)35-16-24(33)31-29-13-18-10-19(14-29)12-20(11-18)15-29/h2-6,17-20H,7-16H2,1H3,(H,31,33). The topological polar surface area (TPSA) is 64.0 Å². The highest BCUT2D eigenvalue weighted by Crippen LogP contribution is 2.55. The van der Waals surface area contributed by atoms with Crippen molar-refractivity contribution in [2.75, 3.05) is 5.75 Å². The molecular formula is C29H33N3O2S2. The van der Waals surface area contributed by atoms with Crippen molar-refractivity contribution in [2.24, 2.45) is 23.7 Å². The molecule has 1 amide bonds. The van der Waals surface area contributed by atoms with Gasteiger partial charge in [-0.25, -0.2) is 4.98 Å². The van der Waals surface area contributed by atoms with E-state index >= 15 is 0 Å². The molecule has 1 aromatic carbocycles. The Balaban J connectivity index is 1.20. The van der Waals surface area contributed by atoms with Gasteiger partial charge in [0.1, 0.15) is 4.83 Å². The Morgan fingerprint density at radius 2 is 1.83 bits per heavy atom. The Morgan fingerprint density at radius 1 is 1.14 bits per heavy atom. The first-order chi connectivity index (χ1) is 17.5. The van der Waals surface area contributed by atoms with E-state index in [0.29, 0.717) is 11.1 Å².